The fourth-order valence-corrected chi connectivity index (χ4v) is 3.25. The maximum Gasteiger partial charge on any atom is 0.306 e. The summed E-state index contributed by atoms with van der Waals surface area (Å²) in [6.45, 7) is 4.52. The molecule has 5 nitrogen and oxygen atoms in total. The Hall–Kier alpha value is -2.63. The highest BCUT2D eigenvalue weighted by atomic mass is 16.5. The van der Waals surface area contributed by atoms with Gasteiger partial charge in [0.25, 0.3) is 0 Å². The summed E-state index contributed by atoms with van der Waals surface area (Å²) in [5.74, 6) is 0.591. The van der Waals surface area contributed by atoms with Crippen molar-refractivity contribution in [3.8, 4) is 5.75 Å². The van der Waals surface area contributed by atoms with Gasteiger partial charge in [-0.05, 0) is 65.8 Å². The van der Waals surface area contributed by atoms with E-state index in [1.807, 2.05) is 43.3 Å². The third-order valence-corrected chi connectivity index (χ3v) is 4.79. The number of hydrogen-bond donors (Lipinski definition) is 2. The lowest BCUT2D eigenvalue weighted by atomic mass is 9.99. The van der Waals surface area contributed by atoms with Gasteiger partial charge in [-0.25, -0.2) is 0 Å². The first-order chi connectivity index (χ1) is 14.6. The fraction of sp³-hybridized carbons (Fsp3) is 0.400. The van der Waals surface area contributed by atoms with E-state index < -0.39 is 0 Å². The number of esters is 1. The van der Waals surface area contributed by atoms with Gasteiger partial charge in [-0.2, -0.15) is 0 Å². The second kappa shape index (κ2) is 12.8. The molecular formula is C25H32O5. The molecular weight excluding hydrogens is 380 g/mol. The molecule has 0 aliphatic heterocycles. The maximum atomic E-state index is 11.6. The molecule has 2 N–H and O–H groups in total. The van der Waals surface area contributed by atoms with Gasteiger partial charge in [-0.3, -0.25) is 4.79 Å². The standard InChI is InChI=1S/C25H32O5/c1-3-7-20(8-6-11-25(28)29-4-2)21-9-5-10-24(15-21)30-18-19-12-13-22(16-26)23(14-19)17-27/h5,8-10,12-15,26-27H,3-4,6-7,11,16-18H2,1-2H3. The quantitative estimate of drug-likeness (QED) is 0.491. The summed E-state index contributed by atoms with van der Waals surface area (Å²) in [4.78, 5) is 11.6. The van der Waals surface area contributed by atoms with E-state index in [0.29, 0.717) is 31.6 Å². The third kappa shape index (κ3) is 7.32. The smallest absolute Gasteiger partial charge is 0.306 e. The van der Waals surface area contributed by atoms with Crippen LogP contribution in [0.5, 0.6) is 5.75 Å². The first kappa shape index (κ1) is 23.6. The minimum atomic E-state index is -0.170. The lowest BCUT2D eigenvalue weighted by Crippen LogP contribution is -2.02. The summed E-state index contributed by atoms with van der Waals surface area (Å²) in [5.41, 5.74) is 4.65. The molecule has 2 aromatic carbocycles. The van der Waals surface area contributed by atoms with Gasteiger partial charge in [0.2, 0.25) is 0 Å². The van der Waals surface area contributed by atoms with Gasteiger partial charge in [-0.1, -0.05) is 43.7 Å². The van der Waals surface area contributed by atoms with E-state index in [4.69, 9.17) is 9.47 Å². The van der Waals surface area contributed by atoms with Crippen LogP contribution in [0.15, 0.2) is 48.5 Å². The van der Waals surface area contributed by atoms with Gasteiger partial charge >= 0.3 is 5.97 Å². The van der Waals surface area contributed by atoms with Crippen molar-refractivity contribution in [2.45, 2.75) is 59.4 Å². The van der Waals surface area contributed by atoms with Gasteiger partial charge in [0.1, 0.15) is 12.4 Å². The van der Waals surface area contributed by atoms with Crippen LogP contribution in [0.1, 0.15) is 61.8 Å². The lowest BCUT2D eigenvalue weighted by molar-refractivity contribution is -0.142. The Bertz CT molecular complexity index is 841. The van der Waals surface area contributed by atoms with Gasteiger partial charge < -0.3 is 19.7 Å². The number of carbonyl (C=O) groups is 1. The second-order valence-corrected chi connectivity index (χ2v) is 7.06. The second-order valence-electron chi connectivity index (χ2n) is 7.06. The van der Waals surface area contributed by atoms with Crippen molar-refractivity contribution in [1.29, 1.82) is 0 Å². The van der Waals surface area contributed by atoms with E-state index in [1.165, 1.54) is 5.57 Å². The zero-order valence-corrected chi connectivity index (χ0v) is 17.9. The highest BCUT2D eigenvalue weighted by molar-refractivity contribution is 5.71. The molecule has 0 radical (unpaired) electrons. The Morgan fingerprint density at radius 1 is 1.00 bits per heavy atom. The van der Waals surface area contributed by atoms with Crippen LogP contribution in [0.2, 0.25) is 0 Å². The first-order valence-corrected chi connectivity index (χ1v) is 10.5. The molecule has 0 aliphatic rings. The molecule has 0 amide bonds. The minimum Gasteiger partial charge on any atom is -0.489 e. The zero-order chi connectivity index (χ0) is 21.8. The van der Waals surface area contributed by atoms with Crippen LogP contribution in [0.3, 0.4) is 0 Å². The van der Waals surface area contributed by atoms with Crippen molar-refractivity contribution < 1.29 is 24.5 Å². The Morgan fingerprint density at radius 3 is 2.50 bits per heavy atom. The van der Waals surface area contributed by atoms with Gasteiger partial charge in [-0.15, -0.1) is 0 Å². The molecule has 2 aromatic rings. The first-order valence-electron chi connectivity index (χ1n) is 10.5. The summed E-state index contributed by atoms with van der Waals surface area (Å²) in [5, 5.41) is 18.8. The monoisotopic (exact) mass is 412 g/mol. The van der Waals surface area contributed by atoms with E-state index in [9.17, 15) is 15.0 Å². The average molecular weight is 413 g/mol. The Labute approximate surface area is 179 Å². The molecule has 0 saturated carbocycles. The van der Waals surface area contributed by atoms with Crippen molar-refractivity contribution >= 4 is 11.5 Å². The van der Waals surface area contributed by atoms with Crippen LogP contribution in [0.25, 0.3) is 5.57 Å². The number of benzene rings is 2. The Morgan fingerprint density at radius 2 is 1.80 bits per heavy atom. The molecule has 2 rings (SSSR count). The lowest BCUT2D eigenvalue weighted by Gasteiger charge is -2.12. The van der Waals surface area contributed by atoms with E-state index in [-0.39, 0.29) is 19.2 Å². The minimum absolute atomic E-state index is 0.0955. The Balaban J connectivity index is 2.06. The number of hydrogen-bond acceptors (Lipinski definition) is 5. The van der Waals surface area contributed by atoms with Gasteiger partial charge in [0.15, 0.2) is 0 Å². The molecule has 30 heavy (non-hydrogen) atoms. The van der Waals surface area contributed by atoms with Gasteiger partial charge in [0, 0.05) is 6.42 Å². The number of aliphatic hydroxyl groups excluding tert-OH is 2. The maximum absolute atomic E-state index is 11.6. The van der Waals surface area contributed by atoms with Crippen LogP contribution < -0.4 is 4.74 Å². The molecule has 0 spiro atoms. The van der Waals surface area contributed by atoms with Crippen LogP contribution >= 0.6 is 0 Å². The number of aliphatic hydroxyl groups is 2. The summed E-state index contributed by atoms with van der Waals surface area (Å²) >= 11 is 0. The van der Waals surface area contributed by atoms with E-state index in [2.05, 4.69) is 19.1 Å². The molecule has 5 heteroatoms. The third-order valence-electron chi connectivity index (χ3n) is 4.79. The van der Waals surface area contributed by atoms with Crippen LogP contribution in [0, 0.1) is 0 Å². The molecule has 0 aliphatic carbocycles. The molecule has 0 saturated heterocycles. The van der Waals surface area contributed by atoms with Crippen molar-refractivity contribution in [2.24, 2.45) is 0 Å². The van der Waals surface area contributed by atoms with Crippen LogP contribution in [-0.2, 0) is 29.4 Å². The number of allylic oxidation sites excluding steroid dienone is 2. The van der Waals surface area contributed by atoms with E-state index >= 15 is 0 Å². The predicted molar refractivity (Wildman–Crippen MR) is 118 cm³/mol. The normalized spacial score (nSPS) is 11.4. The van der Waals surface area contributed by atoms with E-state index in [1.54, 1.807) is 0 Å². The van der Waals surface area contributed by atoms with E-state index in [0.717, 1.165) is 35.3 Å². The molecule has 0 atom stereocenters. The number of carbonyl (C=O) groups excluding carboxylic acids is 1. The number of ether oxygens (including phenoxy) is 2. The molecule has 0 aromatic heterocycles. The molecule has 162 valence electrons. The Kier molecular flexibility index (Phi) is 10.1. The molecule has 0 fully saturated rings. The molecule has 0 unspecified atom stereocenters. The van der Waals surface area contributed by atoms with Crippen molar-refractivity contribution in [3.63, 3.8) is 0 Å². The van der Waals surface area contributed by atoms with Crippen molar-refractivity contribution in [1.82, 2.24) is 0 Å². The van der Waals surface area contributed by atoms with Crippen molar-refractivity contribution in [3.05, 3.63) is 70.8 Å². The SMILES string of the molecule is CCCC(=CCCC(=O)OCC)c1cccc(OCc2ccc(CO)c(CO)c2)c1. The molecule has 0 bridgehead atoms. The predicted octanol–water partition coefficient (Wildman–Crippen LogP) is 4.78. The topological polar surface area (TPSA) is 76.0 Å². The fourth-order valence-electron chi connectivity index (χ4n) is 3.25. The highest BCUT2D eigenvalue weighted by Crippen LogP contribution is 2.25. The summed E-state index contributed by atoms with van der Waals surface area (Å²) < 4.78 is 11.0. The number of rotatable bonds is 12. The highest BCUT2D eigenvalue weighted by Gasteiger charge is 2.07. The van der Waals surface area contributed by atoms with Crippen LogP contribution in [0.4, 0.5) is 0 Å². The van der Waals surface area contributed by atoms with Crippen LogP contribution in [-0.4, -0.2) is 22.8 Å². The average Bonchev–Trinajstić information content (AvgIpc) is 2.77. The largest absolute Gasteiger partial charge is 0.489 e. The summed E-state index contributed by atoms with van der Waals surface area (Å²) in [6.07, 6.45) is 5.08. The van der Waals surface area contributed by atoms with Crippen molar-refractivity contribution in [2.75, 3.05) is 6.61 Å². The zero-order valence-electron chi connectivity index (χ0n) is 17.9. The summed E-state index contributed by atoms with van der Waals surface area (Å²) in [7, 11) is 0. The molecule has 0 heterocycles. The van der Waals surface area contributed by atoms with Gasteiger partial charge in [0.05, 0.1) is 19.8 Å². The summed E-state index contributed by atoms with van der Waals surface area (Å²) in [6, 6.07) is 13.5.